The van der Waals surface area contributed by atoms with Crippen molar-refractivity contribution in [2.75, 3.05) is 24.7 Å². The summed E-state index contributed by atoms with van der Waals surface area (Å²) in [6.45, 7) is 6.59. The molecular formula is C18H24N3O4S+. The third-order valence-electron chi connectivity index (χ3n) is 4.31. The molecule has 2 heterocycles. The highest BCUT2D eigenvalue weighted by Gasteiger charge is 2.25. The zero-order valence-corrected chi connectivity index (χ0v) is 15.8. The Bertz CT molecular complexity index is 882. The number of primary sulfonamides is 1. The number of nitrogens with zero attached hydrogens (tertiary/aromatic N) is 1. The predicted molar refractivity (Wildman–Crippen MR) is 97.9 cm³/mol. The van der Waals surface area contributed by atoms with Gasteiger partial charge < -0.3 is 9.47 Å². The number of nitrogens with two attached hydrogens (primary N) is 1. The standard InChI is InChI=1S/C18H23N3O4S/c1-3-24-16-9-13-7-8-21(12-14(13)10-17(16)25-4-2)18-6-5-15(11-20-18)26(19,22)23/h5-6,9-11H,3-4,7-8,12H2,1-2H3,(H2,19,22,23)/p+1. The molecule has 1 aliphatic heterocycles. The lowest BCUT2D eigenvalue weighted by Crippen LogP contribution is -2.34. The maximum Gasteiger partial charge on any atom is 0.274 e. The molecule has 0 bridgehead atoms. The first-order chi connectivity index (χ1) is 12.4. The molecule has 0 spiro atoms. The van der Waals surface area contributed by atoms with Crippen LogP contribution in [0.3, 0.4) is 0 Å². The molecule has 8 heteroatoms. The zero-order chi connectivity index (χ0) is 18.7. The summed E-state index contributed by atoms with van der Waals surface area (Å²) in [5.41, 5.74) is 2.42. The van der Waals surface area contributed by atoms with Gasteiger partial charge in [0.05, 0.1) is 19.8 Å². The first-order valence-electron chi connectivity index (χ1n) is 8.63. The second-order valence-corrected chi connectivity index (χ2v) is 7.62. The molecule has 0 radical (unpaired) electrons. The first-order valence-corrected chi connectivity index (χ1v) is 10.2. The second kappa shape index (κ2) is 7.51. The SMILES string of the molecule is CCOc1cc2c(cc1OCC)CN(c1ccc(S(N)(=O)=O)c[nH+]1)CC2. The van der Waals surface area contributed by atoms with Crippen molar-refractivity contribution in [1.29, 1.82) is 0 Å². The van der Waals surface area contributed by atoms with E-state index in [1.54, 1.807) is 6.07 Å². The molecule has 26 heavy (non-hydrogen) atoms. The van der Waals surface area contributed by atoms with Crippen LogP contribution in [0.2, 0.25) is 0 Å². The highest BCUT2D eigenvalue weighted by atomic mass is 32.2. The van der Waals surface area contributed by atoms with Crippen molar-refractivity contribution in [2.45, 2.75) is 31.7 Å². The molecule has 3 rings (SSSR count). The Morgan fingerprint density at radius 1 is 1.12 bits per heavy atom. The molecule has 0 saturated carbocycles. The van der Waals surface area contributed by atoms with Crippen LogP contribution in [0.4, 0.5) is 5.82 Å². The summed E-state index contributed by atoms with van der Waals surface area (Å²) in [5, 5.41) is 5.15. The molecular weight excluding hydrogens is 354 g/mol. The van der Waals surface area contributed by atoms with Crippen molar-refractivity contribution in [3.05, 3.63) is 41.6 Å². The Morgan fingerprint density at radius 3 is 2.31 bits per heavy atom. The van der Waals surface area contributed by atoms with Gasteiger partial charge in [-0.1, -0.05) is 0 Å². The minimum Gasteiger partial charge on any atom is -0.490 e. The number of nitrogens with one attached hydrogen (secondary N) is 1. The van der Waals surface area contributed by atoms with Crippen LogP contribution >= 0.6 is 0 Å². The van der Waals surface area contributed by atoms with E-state index >= 15 is 0 Å². The highest BCUT2D eigenvalue weighted by molar-refractivity contribution is 7.89. The number of aromatic amines is 1. The Hall–Kier alpha value is -2.32. The Labute approximate surface area is 153 Å². The van der Waals surface area contributed by atoms with Gasteiger partial charge in [-0.2, -0.15) is 0 Å². The predicted octanol–water partition coefficient (Wildman–Crippen LogP) is 1.51. The van der Waals surface area contributed by atoms with E-state index < -0.39 is 10.0 Å². The van der Waals surface area contributed by atoms with E-state index in [0.29, 0.717) is 19.8 Å². The number of H-pyrrole nitrogens is 1. The summed E-state index contributed by atoms with van der Waals surface area (Å²) < 4.78 is 34.2. The highest BCUT2D eigenvalue weighted by Crippen LogP contribution is 2.34. The normalized spacial score (nSPS) is 14.0. The van der Waals surface area contributed by atoms with Crippen LogP contribution < -0.4 is 24.5 Å². The summed E-state index contributed by atoms with van der Waals surface area (Å²) >= 11 is 0. The van der Waals surface area contributed by atoms with Gasteiger partial charge in [-0.05, 0) is 37.6 Å². The molecule has 0 amide bonds. The number of ether oxygens (including phenoxy) is 2. The Balaban J connectivity index is 1.85. The van der Waals surface area contributed by atoms with Crippen LogP contribution in [0.15, 0.2) is 35.4 Å². The van der Waals surface area contributed by atoms with Crippen molar-refractivity contribution < 1.29 is 22.9 Å². The number of pyridine rings is 1. The Morgan fingerprint density at radius 2 is 1.77 bits per heavy atom. The van der Waals surface area contributed by atoms with Crippen LogP contribution in [-0.4, -0.2) is 28.2 Å². The quantitative estimate of drug-likeness (QED) is 0.822. The van der Waals surface area contributed by atoms with Crippen LogP contribution in [-0.2, 0) is 23.0 Å². The van der Waals surface area contributed by atoms with Crippen molar-refractivity contribution >= 4 is 15.8 Å². The fraction of sp³-hybridized carbons (Fsp3) is 0.389. The van der Waals surface area contributed by atoms with Crippen molar-refractivity contribution in [3.63, 3.8) is 0 Å². The summed E-state index contributed by atoms with van der Waals surface area (Å²) in [6.07, 6.45) is 2.29. The zero-order valence-electron chi connectivity index (χ0n) is 15.0. The van der Waals surface area contributed by atoms with E-state index in [4.69, 9.17) is 14.6 Å². The van der Waals surface area contributed by atoms with Crippen LogP contribution in [0, 0.1) is 0 Å². The number of fused-ring (bicyclic) bond motifs is 1. The fourth-order valence-electron chi connectivity index (χ4n) is 3.08. The second-order valence-electron chi connectivity index (χ2n) is 6.06. The third kappa shape index (κ3) is 3.91. The van der Waals surface area contributed by atoms with Gasteiger partial charge in [0, 0.05) is 18.1 Å². The smallest absolute Gasteiger partial charge is 0.274 e. The van der Waals surface area contributed by atoms with E-state index in [0.717, 1.165) is 30.3 Å². The largest absolute Gasteiger partial charge is 0.490 e. The van der Waals surface area contributed by atoms with E-state index in [1.807, 2.05) is 19.9 Å². The third-order valence-corrected chi connectivity index (χ3v) is 5.23. The summed E-state index contributed by atoms with van der Waals surface area (Å²) in [4.78, 5) is 5.25. The average molecular weight is 378 g/mol. The van der Waals surface area contributed by atoms with Crippen molar-refractivity contribution in [3.8, 4) is 11.5 Å². The van der Waals surface area contributed by atoms with Crippen LogP contribution in [0.1, 0.15) is 25.0 Å². The Kier molecular flexibility index (Phi) is 5.33. The molecule has 0 unspecified atom stereocenters. The molecule has 7 nitrogen and oxygen atoms in total. The fourth-order valence-corrected chi connectivity index (χ4v) is 3.56. The number of hydrogen-bond acceptors (Lipinski definition) is 5. The molecule has 1 aromatic heterocycles. The lowest BCUT2D eigenvalue weighted by molar-refractivity contribution is -0.367. The topological polar surface area (TPSA) is 96.0 Å². The molecule has 3 N–H and O–H groups in total. The lowest BCUT2D eigenvalue weighted by atomic mass is 9.98. The maximum atomic E-state index is 11.4. The number of rotatable bonds is 6. The number of hydrogen-bond donors (Lipinski definition) is 1. The molecule has 0 atom stereocenters. The van der Waals surface area contributed by atoms with Gasteiger partial charge in [-0.25, -0.2) is 18.5 Å². The minimum absolute atomic E-state index is 0.0682. The average Bonchev–Trinajstić information content (AvgIpc) is 2.62. The minimum atomic E-state index is -3.70. The molecule has 1 aliphatic rings. The summed E-state index contributed by atoms with van der Waals surface area (Å²) in [6, 6.07) is 7.35. The van der Waals surface area contributed by atoms with Gasteiger partial charge in [0.15, 0.2) is 11.5 Å². The lowest BCUT2D eigenvalue weighted by Gasteiger charge is -2.25. The first kappa shape index (κ1) is 18.5. The van der Waals surface area contributed by atoms with Crippen molar-refractivity contribution in [1.82, 2.24) is 0 Å². The summed E-state index contributed by atoms with van der Waals surface area (Å²) in [7, 11) is -3.70. The number of sulfonamides is 1. The number of anilines is 1. The summed E-state index contributed by atoms with van der Waals surface area (Å²) in [5.74, 6) is 2.38. The molecule has 140 valence electrons. The molecule has 1 aromatic carbocycles. The number of benzene rings is 1. The van der Waals surface area contributed by atoms with E-state index in [2.05, 4.69) is 16.0 Å². The van der Waals surface area contributed by atoms with Crippen LogP contribution in [0.25, 0.3) is 0 Å². The van der Waals surface area contributed by atoms with Gasteiger partial charge >= 0.3 is 0 Å². The van der Waals surface area contributed by atoms with Crippen LogP contribution in [0.5, 0.6) is 11.5 Å². The van der Waals surface area contributed by atoms with E-state index in [9.17, 15) is 8.42 Å². The molecule has 0 aliphatic carbocycles. The number of aromatic nitrogens is 1. The molecule has 0 saturated heterocycles. The monoisotopic (exact) mass is 378 g/mol. The van der Waals surface area contributed by atoms with Gasteiger partial charge in [0.2, 0.25) is 10.0 Å². The maximum absolute atomic E-state index is 11.4. The van der Waals surface area contributed by atoms with Gasteiger partial charge in [-0.3, -0.25) is 4.90 Å². The van der Waals surface area contributed by atoms with Gasteiger partial charge in [0.1, 0.15) is 17.6 Å². The van der Waals surface area contributed by atoms with Gasteiger partial charge in [0.25, 0.3) is 5.82 Å². The molecule has 2 aromatic rings. The van der Waals surface area contributed by atoms with Gasteiger partial charge in [-0.15, -0.1) is 0 Å². The van der Waals surface area contributed by atoms with Crippen molar-refractivity contribution in [2.24, 2.45) is 5.14 Å². The van der Waals surface area contributed by atoms with E-state index in [-0.39, 0.29) is 4.90 Å². The van der Waals surface area contributed by atoms with E-state index in [1.165, 1.54) is 23.4 Å². The molecule has 0 fully saturated rings.